The number of aliphatic hydroxyl groups is 1. The predicted octanol–water partition coefficient (Wildman–Crippen LogP) is 3.25. The zero-order valence-electron chi connectivity index (χ0n) is 37.4. The average molecular weight is 859 g/mol. The van der Waals surface area contributed by atoms with Crippen LogP contribution in [0, 0.1) is 29.6 Å². The monoisotopic (exact) mass is 858 g/mol. The summed E-state index contributed by atoms with van der Waals surface area (Å²) in [5.41, 5.74) is -0.281. The number of nitrogen functional groups attached to an aromatic ring is 1. The van der Waals surface area contributed by atoms with E-state index in [2.05, 4.69) is 32.1 Å². The number of esters is 1. The lowest BCUT2D eigenvalue weighted by Gasteiger charge is -2.45. The van der Waals surface area contributed by atoms with Gasteiger partial charge in [0.1, 0.15) is 36.0 Å². The molecule has 2 aliphatic rings. The van der Waals surface area contributed by atoms with Crippen LogP contribution in [0.5, 0.6) is 0 Å². The number of halogens is 1. The van der Waals surface area contributed by atoms with Crippen LogP contribution >= 0.6 is 0 Å². The van der Waals surface area contributed by atoms with E-state index in [1.807, 2.05) is 11.8 Å². The fourth-order valence-electron chi connectivity index (χ4n) is 8.72. The van der Waals surface area contributed by atoms with Gasteiger partial charge in [0.2, 0.25) is 0 Å². The number of methoxy groups -OCH3 is 1. The number of aliphatic hydroxyl groups excluding tert-OH is 1. The lowest BCUT2D eigenvalue weighted by Crippen LogP contribution is -2.61. The van der Waals surface area contributed by atoms with Crippen LogP contribution < -0.4 is 5.73 Å². The number of ether oxygens (including phenoxy) is 5. The largest absolute Gasteiger partial charge is 0.455 e. The van der Waals surface area contributed by atoms with Crippen molar-refractivity contribution in [3.8, 4) is 23.4 Å². The van der Waals surface area contributed by atoms with E-state index >= 15 is 4.39 Å². The Labute approximate surface area is 357 Å². The average Bonchev–Trinajstić information content (AvgIpc) is 3.79. The van der Waals surface area contributed by atoms with Gasteiger partial charge in [-0.1, -0.05) is 51.7 Å². The van der Waals surface area contributed by atoms with E-state index in [0.717, 1.165) is 6.92 Å². The number of aromatic nitrogens is 5. The maximum Gasteiger partial charge on any atom is 0.411 e. The predicted molar refractivity (Wildman–Crippen MR) is 220 cm³/mol. The maximum absolute atomic E-state index is 16.9. The van der Waals surface area contributed by atoms with Gasteiger partial charge >= 0.3 is 12.1 Å². The molecule has 0 bridgehead atoms. The fraction of sp³-hybridized carbons (Fsp3) is 0.714. The van der Waals surface area contributed by atoms with Gasteiger partial charge in [0, 0.05) is 43.7 Å². The van der Waals surface area contributed by atoms with Gasteiger partial charge in [-0.15, -0.1) is 5.10 Å². The van der Waals surface area contributed by atoms with Crippen molar-refractivity contribution in [3.63, 3.8) is 0 Å². The molecule has 2 saturated heterocycles. The molecule has 3 N–H and O–H groups in total. The number of cyclic esters (lactones) is 1. The summed E-state index contributed by atoms with van der Waals surface area (Å²) >= 11 is 0. The molecule has 0 saturated carbocycles. The third-order valence-corrected chi connectivity index (χ3v) is 12.1. The highest BCUT2D eigenvalue weighted by atomic mass is 19.1. The molecule has 61 heavy (non-hydrogen) atoms. The molecular weight excluding hydrogens is 796 g/mol. The number of anilines is 1. The summed E-state index contributed by atoms with van der Waals surface area (Å²) in [7, 11) is 4.96. The van der Waals surface area contributed by atoms with Crippen LogP contribution in [0.15, 0.2) is 18.5 Å². The Kier molecular flexibility index (Phi) is 16.1. The van der Waals surface area contributed by atoms with Crippen LogP contribution in [-0.2, 0) is 44.6 Å². The topological polar surface area (TPSA) is 224 Å². The zero-order valence-corrected chi connectivity index (χ0v) is 37.4. The van der Waals surface area contributed by atoms with E-state index in [9.17, 15) is 24.3 Å². The second-order valence-electron chi connectivity index (χ2n) is 16.7. The first kappa shape index (κ1) is 49.0. The minimum atomic E-state index is -3.23. The van der Waals surface area contributed by atoms with Crippen molar-refractivity contribution in [1.82, 2.24) is 34.8 Å². The first-order chi connectivity index (χ1) is 28.6. The highest BCUT2D eigenvalue weighted by molar-refractivity contribution is 6.08. The van der Waals surface area contributed by atoms with Crippen LogP contribution in [0.4, 0.5) is 15.0 Å². The number of alkyl halides is 1. The van der Waals surface area contributed by atoms with Crippen molar-refractivity contribution in [2.45, 2.75) is 142 Å². The number of ketones is 2. The molecule has 2 aromatic heterocycles. The summed E-state index contributed by atoms with van der Waals surface area (Å²) in [6.45, 7) is 13.9. The van der Waals surface area contributed by atoms with Gasteiger partial charge in [-0.25, -0.2) is 28.6 Å². The standard InChI is InChI=1S/C42H63FN8O10/c1-13-28(49(10)11)32(53)37(58-15-3)60-35-26(6)34(54)41(8,43)38(55)59-29(14-2)42(9)33(25(5)31(52)24(4)22-40(35,7)57-12)51(39(56)61-42)21-17-16-20-50-23-27(47-48-50)36-45-19-18-30(44)46-36/h18-19,23-26,28-29,32-33,35,37,53H,13-15,20-22H2,1-12H3,(H2,44,45,46)/t24-,25+,26+,28?,29-,32?,33-,35-,37+,40-,41+,42-/m1/s1. The molecule has 0 aromatic carbocycles. The van der Waals surface area contributed by atoms with Gasteiger partial charge in [-0.3, -0.25) is 14.5 Å². The fourth-order valence-corrected chi connectivity index (χ4v) is 8.72. The molecule has 2 aromatic rings. The van der Waals surface area contributed by atoms with E-state index in [0.29, 0.717) is 12.1 Å². The number of rotatable bonds is 13. The van der Waals surface area contributed by atoms with Gasteiger partial charge in [-0.05, 0) is 67.1 Å². The molecule has 19 heteroatoms. The molecule has 2 unspecified atom stereocenters. The van der Waals surface area contributed by atoms with E-state index in [1.165, 1.54) is 36.7 Å². The lowest BCUT2D eigenvalue weighted by molar-refractivity contribution is -0.266. The Morgan fingerprint density at radius 2 is 1.75 bits per heavy atom. The van der Waals surface area contributed by atoms with Gasteiger partial charge in [0.15, 0.2) is 23.5 Å². The van der Waals surface area contributed by atoms with Gasteiger partial charge in [0.05, 0.1) is 30.5 Å². The maximum atomic E-state index is 16.9. The van der Waals surface area contributed by atoms with Gasteiger partial charge in [-0.2, -0.15) is 0 Å². The Bertz CT molecular complexity index is 1940. The van der Waals surface area contributed by atoms with Crippen molar-refractivity contribution in [2.24, 2.45) is 17.8 Å². The first-order valence-electron chi connectivity index (χ1n) is 20.7. The second kappa shape index (κ2) is 20.1. The third kappa shape index (κ3) is 10.4. The summed E-state index contributed by atoms with van der Waals surface area (Å²) in [6.07, 6.45) is -2.48. The summed E-state index contributed by atoms with van der Waals surface area (Å²) in [5, 5.41) is 19.7. The highest BCUT2D eigenvalue weighted by Crippen LogP contribution is 2.43. The van der Waals surface area contributed by atoms with Gasteiger partial charge in [0.25, 0.3) is 5.67 Å². The molecule has 12 atom stereocenters. The Hall–Kier alpha value is -4.61. The van der Waals surface area contributed by atoms with E-state index < -0.39 is 89.2 Å². The minimum absolute atomic E-state index is 0.0269. The minimum Gasteiger partial charge on any atom is -0.455 e. The number of carbonyl (C=O) groups is 4. The van der Waals surface area contributed by atoms with Crippen LogP contribution in [0.1, 0.15) is 81.6 Å². The number of hydrogen-bond donors (Lipinski definition) is 2. The number of fused-ring (bicyclic) bond motifs is 1. The zero-order chi connectivity index (χ0) is 45.6. The number of Topliss-reactive ketones (excluding diaryl/α,β-unsaturated/α-hetero) is 2. The van der Waals surface area contributed by atoms with Crippen LogP contribution in [0.3, 0.4) is 0 Å². The molecule has 4 rings (SSSR count). The van der Waals surface area contributed by atoms with Crippen LogP contribution in [0.25, 0.3) is 11.5 Å². The molecule has 0 aliphatic carbocycles. The normalized spacial score (nSPS) is 31.7. The van der Waals surface area contributed by atoms with E-state index in [1.54, 1.807) is 61.0 Å². The van der Waals surface area contributed by atoms with Crippen molar-refractivity contribution < 1.29 is 52.4 Å². The summed E-state index contributed by atoms with van der Waals surface area (Å²) in [6, 6.07) is 0.0364. The molecule has 2 fully saturated rings. The molecule has 2 aliphatic heterocycles. The van der Waals surface area contributed by atoms with Crippen LogP contribution in [-0.4, -0.2) is 151 Å². The summed E-state index contributed by atoms with van der Waals surface area (Å²) in [4.78, 5) is 68.1. The van der Waals surface area contributed by atoms with Crippen molar-refractivity contribution in [2.75, 3.05) is 40.1 Å². The summed E-state index contributed by atoms with van der Waals surface area (Å²) in [5.74, 6) is 0.289. The van der Waals surface area contributed by atoms with Crippen molar-refractivity contribution in [3.05, 3.63) is 18.5 Å². The molecule has 4 heterocycles. The molecule has 0 radical (unpaired) electrons. The number of nitrogens with two attached hydrogens (primary N) is 1. The SMILES string of the molecule is CCO[C@@H](O[C@@H]1[C@@H](C)C(=O)[C@](C)(F)C(=O)O[C@H](CC)[C@@]2(C)OC(=O)N(CC#CCn3cc(-c4nccc(N)n4)nn3)[C@@H]2[C@@H](C)C(=O)[C@H](C)C[C@@]1(C)OC)C(O)C(CC)N(C)C. The number of nitrogens with zero attached hydrogens (tertiary/aromatic N) is 7. The second-order valence-corrected chi connectivity index (χ2v) is 16.7. The van der Waals surface area contributed by atoms with Crippen LogP contribution in [0.2, 0.25) is 0 Å². The number of hydrogen-bond acceptors (Lipinski definition) is 16. The quantitative estimate of drug-likeness (QED) is 0.128. The molecule has 0 spiro atoms. The molecule has 338 valence electrons. The van der Waals surface area contributed by atoms with Crippen molar-refractivity contribution in [1.29, 1.82) is 0 Å². The van der Waals surface area contributed by atoms with Crippen molar-refractivity contribution >= 4 is 29.4 Å². The Balaban J connectivity index is 1.75. The Morgan fingerprint density at radius 1 is 1.08 bits per heavy atom. The molecule has 18 nitrogen and oxygen atoms in total. The van der Waals surface area contributed by atoms with Gasteiger partial charge < -0.3 is 39.4 Å². The lowest BCUT2D eigenvalue weighted by atomic mass is 9.73. The molecular formula is C42H63FN8O10. The smallest absolute Gasteiger partial charge is 0.411 e. The summed E-state index contributed by atoms with van der Waals surface area (Å²) < 4.78 is 48.7. The number of carbonyl (C=O) groups excluding carboxylic acids is 4. The van der Waals surface area contributed by atoms with E-state index in [-0.39, 0.29) is 50.0 Å². The Morgan fingerprint density at radius 3 is 2.34 bits per heavy atom. The highest BCUT2D eigenvalue weighted by Gasteiger charge is 2.61. The van der Waals surface area contributed by atoms with E-state index in [4.69, 9.17) is 29.4 Å². The number of amides is 1. The third-order valence-electron chi connectivity index (χ3n) is 12.1. The number of likely N-dealkylation sites (N-methyl/N-ethyl adjacent to an activating group) is 1. The first-order valence-corrected chi connectivity index (χ1v) is 20.7. The molecule has 1 amide bonds.